The van der Waals surface area contributed by atoms with Crippen molar-refractivity contribution in [3.63, 3.8) is 0 Å². The fourth-order valence-electron chi connectivity index (χ4n) is 2.62. The van der Waals surface area contributed by atoms with Crippen LogP contribution in [0.1, 0.15) is 32.1 Å². The summed E-state index contributed by atoms with van der Waals surface area (Å²) < 4.78 is 16.3. The van der Waals surface area contributed by atoms with Crippen molar-refractivity contribution in [1.82, 2.24) is 25.0 Å². The predicted octanol–water partition coefficient (Wildman–Crippen LogP) is 0.591. The van der Waals surface area contributed by atoms with Gasteiger partial charge in [-0.3, -0.25) is 34.1 Å². The molecule has 0 radical (unpaired) electrons. The molecular weight excluding hydrogens is 467 g/mol. The Morgan fingerprint density at radius 1 is 1.00 bits per heavy atom. The van der Waals surface area contributed by atoms with E-state index in [9.17, 15) is 19.2 Å². The van der Waals surface area contributed by atoms with E-state index in [1.54, 1.807) is 19.6 Å². The average Bonchev–Trinajstić information content (AvgIpc) is 3.33. The van der Waals surface area contributed by atoms with Crippen LogP contribution < -0.4 is 15.5 Å². The van der Waals surface area contributed by atoms with Crippen LogP contribution in [0.15, 0.2) is 23.5 Å². The lowest BCUT2D eigenvalue weighted by molar-refractivity contribution is -0.147. The minimum absolute atomic E-state index is 0.00339. The Morgan fingerprint density at radius 2 is 1.62 bits per heavy atom. The van der Waals surface area contributed by atoms with E-state index in [-0.39, 0.29) is 44.8 Å². The first-order valence-corrected chi connectivity index (χ1v) is 13.2. The van der Waals surface area contributed by atoms with E-state index in [0.717, 1.165) is 13.0 Å². The number of aromatic nitrogens is 2. The molecule has 0 spiro atoms. The molecule has 34 heavy (non-hydrogen) atoms. The number of imidazole rings is 1. The van der Waals surface area contributed by atoms with Crippen LogP contribution in [0.25, 0.3) is 0 Å². The topological polar surface area (TPSA) is 173 Å². The molecule has 0 aliphatic carbocycles. The Balaban J connectivity index is 2.09. The van der Waals surface area contributed by atoms with Crippen LogP contribution in [0.5, 0.6) is 0 Å². The molecule has 0 saturated heterocycles. The molecule has 14 heteroatoms. The van der Waals surface area contributed by atoms with E-state index in [2.05, 4.69) is 25.2 Å². The fourth-order valence-corrected chi connectivity index (χ4v) is 4.07. The molecule has 1 aromatic heterocycles. The van der Waals surface area contributed by atoms with Crippen molar-refractivity contribution in [2.75, 3.05) is 46.6 Å². The first kappa shape index (κ1) is 29.3. The number of nitrogens with zero attached hydrogens (tertiary/aromatic N) is 3. The van der Waals surface area contributed by atoms with E-state index in [1.165, 1.54) is 0 Å². The fraction of sp³-hybridized carbons (Fsp3) is 0.650. The van der Waals surface area contributed by atoms with Crippen LogP contribution in [-0.4, -0.2) is 85.0 Å². The highest BCUT2D eigenvalue weighted by Gasteiger charge is 2.12. The van der Waals surface area contributed by atoms with Gasteiger partial charge in [0.2, 0.25) is 5.91 Å². The number of aryl methyl sites for hydroxylation is 1. The summed E-state index contributed by atoms with van der Waals surface area (Å²) in [6.45, 7) is 4.07. The van der Waals surface area contributed by atoms with Crippen LogP contribution >= 0.6 is 7.36 Å². The first-order chi connectivity index (χ1) is 16.2. The Hall–Kier alpha value is -2.76. The number of aliphatic carboxylic acids is 1. The van der Waals surface area contributed by atoms with Crippen LogP contribution in [0.2, 0.25) is 0 Å². The Labute approximate surface area is 199 Å². The van der Waals surface area contributed by atoms with Crippen LogP contribution in [-0.2, 0) is 35.2 Å². The van der Waals surface area contributed by atoms with Gasteiger partial charge in [-0.05, 0) is 13.1 Å². The number of carboxylic acids is 1. The van der Waals surface area contributed by atoms with Gasteiger partial charge in [-0.1, -0.05) is 0 Å². The molecule has 1 unspecified atom stereocenters. The zero-order chi connectivity index (χ0) is 25.2. The molecule has 1 aromatic rings. The third-order valence-electron chi connectivity index (χ3n) is 4.54. The largest absolute Gasteiger partial charge is 0.481 e. The molecule has 1 rings (SSSR count). The van der Waals surface area contributed by atoms with E-state index >= 15 is 0 Å². The van der Waals surface area contributed by atoms with Gasteiger partial charge in [-0.2, -0.15) is 0 Å². The Bertz CT molecular complexity index is 831. The SMILES string of the molecule is CN=P(C)(NCCOC(=O)CCC(=O)O)NCCOC(=O)CCC(=O)NCCCn1ccnc1. The van der Waals surface area contributed by atoms with Crippen molar-refractivity contribution < 1.29 is 33.8 Å². The van der Waals surface area contributed by atoms with Crippen LogP contribution in [0.4, 0.5) is 0 Å². The number of carboxylic acid groups (broad SMARTS) is 1. The van der Waals surface area contributed by atoms with Gasteiger partial charge in [0.15, 0.2) is 0 Å². The molecule has 0 aliphatic rings. The molecule has 1 atom stereocenters. The van der Waals surface area contributed by atoms with Crippen molar-refractivity contribution in [3.8, 4) is 0 Å². The Morgan fingerprint density at radius 3 is 2.15 bits per heavy atom. The lowest BCUT2D eigenvalue weighted by atomic mass is 10.3. The van der Waals surface area contributed by atoms with Gasteiger partial charge in [0.05, 0.1) is 32.9 Å². The highest BCUT2D eigenvalue weighted by atomic mass is 31.2. The van der Waals surface area contributed by atoms with Gasteiger partial charge >= 0.3 is 17.9 Å². The maximum absolute atomic E-state index is 11.8. The molecule has 0 fully saturated rings. The van der Waals surface area contributed by atoms with E-state index < -0.39 is 25.3 Å². The number of ether oxygens (including phenoxy) is 2. The van der Waals surface area contributed by atoms with Crippen LogP contribution in [0.3, 0.4) is 0 Å². The van der Waals surface area contributed by atoms with Crippen molar-refractivity contribution in [1.29, 1.82) is 0 Å². The van der Waals surface area contributed by atoms with Gasteiger partial charge in [-0.15, -0.1) is 0 Å². The van der Waals surface area contributed by atoms with Crippen molar-refractivity contribution in [3.05, 3.63) is 18.7 Å². The number of carbonyl (C=O) groups excluding carboxylic acids is 3. The number of esters is 2. The quantitative estimate of drug-likeness (QED) is 0.126. The zero-order valence-corrected chi connectivity index (χ0v) is 20.6. The number of hydrogen-bond acceptors (Lipinski definition) is 8. The number of rotatable bonds is 18. The van der Waals surface area contributed by atoms with E-state index in [0.29, 0.717) is 19.6 Å². The summed E-state index contributed by atoms with van der Waals surface area (Å²) >= 11 is 0. The highest BCUT2D eigenvalue weighted by molar-refractivity contribution is 7.61. The summed E-state index contributed by atoms with van der Waals surface area (Å²) in [7, 11) is -0.442. The molecule has 13 nitrogen and oxygen atoms in total. The minimum atomic E-state index is -2.09. The first-order valence-electron chi connectivity index (χ1n) is 11.0. The van der Waals surface area contributed by atoms with Gasteiger partial charge < -0.3 is 24.5 Å². The van der Waals surface area contributed by atoms with E-state index in [1.807, 2.05) is 17.4 Å². The summed E-state index contributed by atoms with van der Waals surface area (Å²) in [5.74, 6) is -2.27. The summed E-state index contributed by atoms with van der Waals surface area (Å²) in [5, 5.41) is 17.7. The summed E-state index contributed by atoms with van der Waals surface area (Å²) in [5.41, 5.74) is 0. The second-order valence-corrected chi connectivity index (χ2v) is 10.3. The molecule has 1 amide bonds. The summed E-state index contributed by atoms with van der Waals surface area (Å²) in [6, 6.07) is 0. The molecule has 0 bridgehead atoms. The molecule has 192 valence electrons. The van der Waals surface area contributed by atoms with E-state index in [4.69, 9.17) is 14.6 Å². The predicted molar refractivity (Wildman–Crippen MR) is 125 cm³/mol. The molecule has 4 N–H and O–H groups in total. The third kappa shape index (κ3) is 14.4. The maximum Gasteiger partial charge on any atom is 0.306 e. The third-order valence-corrected chi connectivity index (χ3v) is 7.02. The number of hydrogen-bond donors (Lipinski definition) is 4. The van der Waals surface area contributed by atoms with Crippen LogP contribution in [0, 0.1) is 0 Å². The smallest absolute Gasteiger partial charge is 0.306 e. The lowest BCUT2D eigenvalue weighted by Gasteiger charge is -2.22. The van der Waals surface area contributed by atoms with Crippen molar-refractivity contribution in [2.45, 2.75) is 38.6 Å². The van der Waals surface area contributed by atoms with Crippen molar-refractivity contribution >= 4 is 31.2 Å². The second kappa shape index (κ2) is 16.8. The molecule has 0 aromatic carbocycles. The standard InChI is InChI=1S/C20H35N6O7P/c1-21-34(2,25-11-15-33-20(31)7-5-18(28)29)24-10-14-32-19(30)6-4-17(27)23-8-3-12-26-13-9-22-16-26/h9,13,16,24-25H,3-8,10-12,14-15H2,1-2H3,(H,23,27)(H,28,29). The van der Waals surface area contributed by atoms with Gasteiger partial charge in [0.25, 0.3) is 0 Å². The minimum Gasteiger partial charge on any atom is -0.481 e. The summed E-state index contributed by atoms with van der Waals surface area (Å²) in [4.78, 5) is 49.4. The number of carbonyl (C=O) groups is 4. The normalized spacial score (nSPS) is 12.4. The number of nitrogens with one attached hydrogen (secondary N) is 3. The molecule has 0 saturated carbocycles. The average molecular weight is 503 g/mol. The molecule has 0 aliphatic heterocycles. The Kier molecular flexibility index (Phi) is 14.5. The number of amides is 1. The van der Waals surface area contributed by atoms with Gasteiger partial charge in [-0.25, -0.2) is 4.98 Å². The molecule has 1 heterocycles. The maximum atomic E-state index is 11.8. The highest BCUT2D eigenvalue weighted by Crippen LogP contribution is 2.33. The summed E-state index contributed by atoms with van der Waals surface area (Å²) in [6.07, 6.45) is 5.67. The zero-order valence-electron chi connectivity index (χ0n) is 19.7. The lowest BCUT2D eigenvalue weighted by Crippen LogP contribution is -2.29. The monoisotopic (exact) mass is 502 g/mol. The van der Waals surface area contributed by atoms with Gasteiger partial charge in [0.1, 0.15) is 13.2 Å². The molecular formula is C20H35N6O7P. The van der Waals surface area contributed by atoms with Gasteiger partial charge in [0, 0.05) is 52.0 Å². The van der Waals surface area contributed by atoms with Crippen molar-refractivity contribution in [2.24, 2.45) is 4.74 Å². The second-order valence-electron chi connectivity index (χ2n) is 7.31.